The Morgan fingerprint density at radius 1 is 1.04 bits per heavy atom. The summed E-state index contributed by atoms with van der Waals surface area (Å²) in [6.45, 7) is 4.90. The van der Waals surface area contributed by atoms with Crippen LogP contribution in [0.25, 0.3) is 0 Å². The summed E-state index contributed by atoms with van der Waals surface area (Å²) in [5.41, 5.74) is 5.39. The third-order valence-electron chi connectivity index (χ3n) is 2.83. The number of rotatable bonds is 5. The fourth-order valence-electron chi connectivity index (χ4n) is 1.23. The van der Waals surface area contributed by atoms with Crippen LogP contribution in [0.2, 0.25) is 0 Å². The zero-order valence-electron chi connectivity index (χ0n) is 13.1. The number of hydrogen-bond acceptors (Lipinski definition) is 4. The SMILES string of the molecule is CC(C)[C@H](N)C(=O)O.C[C@H](NC(=O)c1ccc(F)cc1)C(=O)O. The molecule has 0 aromatic heterocycles. The molecule has 1 amide bonds. The summed E-state index contributed by atoms with van der Waals surface area (Å²) in [6.07, 6.45) is 0. The predicted molar refractivity (Wildman–Crippen MR) is 81.4 cm³/mol. The molecule has 0 aliphatic rings. The van der Waals surface area contributed by atoms with Gasteiger partial charge in [0.05, 0.1) is 0 Å². The van der Waals surface area contributed by atoms with Gasteiger partial charge in [-0.1, -0.05) is 13.8 Å². The van der Waals surface area contributed by atoms with Crippen LogP contribution >= 0.6 is 0 Å². The molecular formula is C15H21FN2O5. The first-order valence-electron chi connectivity index (χ1n) is 6.83. The quantitative estimate of drug-likeness (QED) is 0.640. The molecule has 0 saturated carbocycles. The van der Waals surface area contributed by atoms with Crippen molar-refractivity contribution in [2.45, 2.75) is 32.9 Å². The number of aliphatic carboxylic acids is 2. The molecule has 1 aromatic rings. The number of halogens is 1. The number of carboxylic acids is 2. The second-order valence-electron chi connectivity index (χ2n) is 5.15. The minimum Gasteiger partial charge on any atom is -0.480 e. The number of benzene rings is 1. The zero-order valence-corrected chi connectivity index (χ0v) is 13.1. The Balaban J connectivity index is 0.000000515. The van der Waals surface area contributed by atoms with E-state index in [1.54, 1.807) is 13.8 Å². The lowest BCUT2D eigenvalue weighted by Gasteiger charge is -2.08. The summed E-state index contributed by atoms with van der Waals surface area (Å²) in [5, 5.41) is 19.0. The topological polar surface area (TPSA) is 130 Å². The molecule has 0 unspecified atom stereocenters. The van der Waals surface area contributed by atoms with Crippen molar-refractivity contribution in [3.63, 3.8) is 0 Å². The first kappa shape index (κ1) is 20.5. The first-order valence-corrected chi connectivity index (χ1v) is 6.83. The van der Waals surface area contributed by atoms with Gasteiger partial charge in [0.15, 0.2) is 0 Å². The van der Waals surface area contributed by atoms with E-state index in [0.29, 0.717) is 0 Å². The van der Waals surface area contributed by atoms with Gasteiger partial charge in [-0.15, -0.1) is 0 Å². The highest BCUT2D eigenvalue weighted by molar-refractivity contribution is 5.96. The summed E-state index contributed by atoms with van der Waals surface area (Å²) in [6, 6.07) is 3.18. The molecule has 8 heteroatoms. The van der Waals surface area contributed by atoms with E-state index in [-0.39, 0.29) is 11.5 Å². The maximum atomic E-state index is 12.5. The molecule has 1 rings (SSSR count). The third kappa shape index (κ3) is 7.91. The lowest BCUT2D eigenvalue weighted by atomic mass is 10.1. The van der Waals surface area contributed by atoms with Crippen LogP contribution in [0.5, 0.6) is 0 Å². The number of amides is 1. The van der Waals surface area contributed by atoms with Gasteiger partial charge in [-0.05, 0) is 37.1 Å². The Hall–Kier alpha value is -2.48. The van der Waals surface area contributed by atoms with Crippen molar-refractivity contribution in [2.75, 3.05) is 0 Å². The van der Waals surface area contributed by atoms with Crippen molar-refractivity contribution in [2.24, 2.45) is 11.7 Å². The number of nitrogens with one attached hydrogen (secondary N) is 1. The van der Waals surface area contributed by atoms with Crippen LogP contribution in [0, 0.1) is 11.7 Å². The molecule has 0 bridgehead atoms. The smallest absolute Gasteiger partial charge is 0.325 e. The predicted octanol–water partition coefficient (Wildman–Crippen LogP) is 1.08. The van der Waals surface area contributed by atoms with E-state index in [0.717, 1.165) is 12.1 Å². The number of carbonyl (C=O) groups is 3. The van der Waals surface area contributed by atoms with Gasteiger partial charge in [0.2, 0.25) is 0 Å². The highest BCUT2D eigenvalue weighted by Gasteiger charge is 2.15. The molecule has 0 fully saturated rings. The molecule has 128 valence electrons. The van der Waals surface area contributed by atoms with Crippen molar-refractivity contribution < 1.29 is 29.0 Å². The zero-order chi connectivity index (χ0) is 18.2. The van der Waals surface area contributed by atoms with Crippen molar-refractivity contribution in [3.8, 4) is 0 Å². The molecule has 0 radical (unpaired) electrons. The van der Waals surface area contributed by atoms with E-state index in [2.05, 4.69) is 5.32 Å². The normalized spacial score (nSPS) is 12.6. The van der Waals surface area contributed by atoms with Crippen LogP contribution in [0.1, 0.15) is 31.1 Å². The second kappa shape index (κ2) is 9.52. The van der Waals surface area contributed by atoms with Crippen LogP contribution in [0.3, 0.4) is 0 Å². The Morgan fingerprint density at radius 2 is 1.52 bits per heavy atom. The number of hydrogen-bond donors (Lipinski definition) is 4. The van der Waals surface area contributed by atoms with Crippen LogP contribution in [0.4, 0.5) is 4.39 Å². The average Bonchev–Trinajstić information content (AvgIpc) is 2.47. The van der Waals surface area contributed by atoms with Gasteiger partial charge < -0.3 is 21.3 Å². The third-order valence-corrected chi connectivity index (χ3v) is 2.83. The fraction of sp³-hybridized carbons (Fsp3) is 0.400. The van der Waals surface area contributed by atoms with E-state index in [1.807, 2.05) is 0 Å². The van der Waals surface area contributed by atoms with Gasteiger partial charge in [0.1, 0.15) is 17.9 Å². The molecule has 0 heterocycles. The minimum absolute atomic E-state index is 0.0208. The highest BCUT2D eigenvalue weighted by atomic mass is 19.1. The Kier molecular flexibility index (Phi) is 8.49. The molecule has 23 heavy (non-hydrogen) atoms. The van der Waals surface area contributed by atoms with Gasteiger partial charge >= 0.3 is 11.9 Å². The minimum atomic E-state index is -1.12. The van der Waals surface area contributed by atoms with Crippen molar-refractivity contribution in [1.82, 2.24) is 5.32 Å². The lowest BCUT2D eigenvalue weighted by molar-refractivity contribution is -0.140. The molecule has 5 N–H and O–H groups in total. The van der Waals surface area contributed by atoms with Crippen molar-refractivity contribution in [3.05, 3.63) is 35.6 Å². The Morgan fingerprint density at radius 3 is 1.83 bits per heavy atom. The Bertz CT molecular complexity index is 545. The maximum Gasteiger partial charge on any atom is 0.325 e. The standard InChI is InChI=1S/C10H10FNO3.C5H11NO2/c1-6(10(14)15)12-9(13)7-2-4-8(11)5-3-7;1-3(2)4(6)5(7)8/h2-6H,1H3,(H,12,13)(H,14,15);3-4H,6H2,1-2H3,(H,7,8)/t6-;4-/m00/s1. The van der Waals surface area contributed by atoms with Gasteiger partial charge in [-0.25, -0.2) is 4.39 Å². The second-order valence-corrected chi connectivity index (χ2v) is 5.15. The maximum absolute atomic E-state index is 12.5. The lowest BCUT2D eigenvalue weighted by Crippen LogP contribution is -2.38. The van der Waals surface area contributed by atoms with Gasteiger partial charge in [0.25, 0.3) is 5.91 Å². The summed E-state index contributed by atoms with van der Waals surface area (Å²) in [7, 11) is 0. The van der Waals surface area contributed by atoms with Crippen molar-refractivity contribution >= 4 is 17.8 Å². The summed E-state index contributed by atoms with van der Waals surface area (Å²) < 4.78 is 12.5. The average molecular weight is 328 g/mol. The Labute approximate surface area is 133 Å². The number of carboxylic acid groups (broad SMARTS) is 2. The van der Waals surface area contributed by atoms with E-state index >= 15 is 0 Å². The first-order chi connectivity index (χ1) is 10.6. The van der Waals surface area contributed by atoms with Gasteiger partial charge in [0, 0.05) is 5.56 Å². The molecule has 0 saturated heterocycles. The van der Waals surface area contributed by atoms with Crippen LogP contribution in [-0.4, -0.2) is 40.1 Å². The van der Waals surface area contributed by atoms with Gasteiger partial charge in [-0.2, -0.15) is 0 Å². The largest absolute Gasteiger partial charge is 0.480 e. The number of carbonyl (C=O) groups excluding carboxylic acids is 1. The summed E-state index contributed by atoms with van der Waals surface area (Å²) in [4.78, 5) is 31.8. The monoisotopic (exact) mass is 328 g/mol. The highest BCUT2D eigenvalue weighted by Crippen LogP contribution is 2.02. The van der Waals surface area contributed by atoms with E-state index < -0.39 is 35.7 Å². The fourth-order valence-corrected chi connectivity index (χ4v) is 1.23. The summed E-state index contributed by atoms with van der Waals surface area (Å²) >= 11 is 0. The van der Waals surface area contributed by atoms with Crippen molar-refractivity contribution in [1.29, 1.82) is 0 Å². The van der Waals surface area contributed by atoms with E-state index in [4.69, 9.17) is 15.9 Å². The molecule has 1 aromatic carbocycles. The molecule has 0 aliphatic heterocycles. The van der Waals surface area contributed by atoms with Gasteiger partial charge in [-0.3, -0.25) is 14.4 Å². The van der Waals surface area contributed by atoms with E-state index in [1.165, 1.54) is 19.1 Å². The van der Waals surface area contributed by atoms with Crippen LogP contribution in [-0.2, 0) is 9.59 Å². The molecule has 0 aliphatic carbocycles. The molecule has 0 spiro atoms. The molecular weight excluding hydrogens is 307 g/mol. The van der Waals surface area contributed by atoms with Crippen LogP contribution in [0.15, 0.2) is 24.3 Å². The number of nitrogens with two attached hydrogens (primary N) is 1. The van der Waals surface area contributed by atoms with E-state index in [9.17, 15) is 18.8 Å². The summed E-state index contributed by atoms with van der Waals surface area (Å²) in [5.74, 6) is -3.01. The van der Waals surface area contributed by atoms with Crippen LogP contribution < -0.4 is 11.1 Å². The molecule has 7 nitrogen and oxygen atoms in total. The molecule has 2 atom stereocenters.